The molecule has 3 nitrogen and oxygen atoms in total. The Kier molecular flexibility index (Phi) is 3.87. The maximum atomic E-state index is 12.7. The number of carbonyl (C=O) groups excluding carboxylic acids is 1. The molecule has 0 N–H and O–H groups in total. The summed E-state index contributed by atoms with van der Waals surface area (Å²) in [5.74, 6) is 0.0400. The molecule has 22 heavy (non-hydrogen) atoms. The van der Waals surface area contributed by atoms with Crippen LogP contribution < -0.4 is 4.90 Å². The van der Waals surface area contributed by atoms with Crippen LogP contribution in [0.5, 0.6) is 0 Å². The van der Waals surface area contributed by atoms with Crippen LogP contribution in [0, 0.1) is 0 Å². The summed E-state index contributed by atoms with van der Waals surface area (Å²) >= 11 is 12.1. The molecule has 1 aromatic carbocycles. The van der Waals surface area contributed by atoms with E-state index in [1.165, 1.54) is 0 Å². The van der Waals surface area contributed by atoms with Crippen molar-refractivity contribution in [2.45, 2.75) is 25.7 Å². The number of carbonyl (C=O) groups is 1. The molecule has 1 aliphatic heterocycles. The number of benzene rings is 1. The van der Waals surface area contributed by atoms with Gasteiger partial charge in [-0.3, -0.25) is 4.79 Å². The van der Waals surface area contributed by atoms with Gasteiger partial charge >= 0.3 is 0 Å². The minimum Gasteiger partial charge on any atom is -0.311 e. The lowest BCUT2D eigenvalue weighted by Gasteiger charge is -2.21. The van der Waals surface area contributed by atoms with Crippen molar-refractivity contribution in [1.82, 2.24) is 4.98 Å². The third-order valence-electron chi connectivity index (χ3n) is 3.96. The zero-order valence-corrected chi connectivity index (χ0v) is 13.9. The molecular formula is C17H16Cl2N2O. The fraction of sp³-hybridized carbons (Fsp3) is 0.294. The van der Waals surface area contributed by atoms with E-state index in [9.17, 15) is 4.79 Å². The van der Waals surface area contributed by atoms with E-state index in [2.05, 4.69) is 18.8 Å². The van der Waals surface area contributed by atoms with Crippen molar-refractivity contribution in [1.29, 1.82) is 0 Å². The molecule has 0 radical (unpaired) electrons. The van der Waals surface area contributed by atoms with Crippen LogP contribution in [0.2, 0.25) is 10.2 Å². The first kappa shape index (κ1) is 15.3. The van der Waals surface area contributed by atoms with Gasteiger partial charge in [0.25, 0.3) is 0 Å². The SMILES string of the molecule is CC1(C)CN(C(=O)Cc2ccc(Cl)nc2)c2cccc(Cl)c21. The summed E-state index contributed by atoms with van der Waals surface area (Å²) in [4.78, 5) is 18.5. The second-order valence-electron chi connectivity index (χ2n) is 6.16. The normalized spacial score (nSPS) is 15.7. The molecule has 5 heteroatoms. The van der Waals surface area contributed by atoms with E-state index in [0.29, 0.717) is 23.1 Å². The van der Waals surface area contributed by atoms with Crippen LogP contribution in [0.3, 0.4) is 0 Å². The van der Waals surface area contributed by atoms with Gasteiger partial charge in [-0.05, 0) is 23.8 Å². The second-order valence-corrected chi connectivity index (χ2v) is 6.96. The Labute approximate surface area is 139 Å². The predicted octanol–water partition coefficient (Wildman–Crippen LogP) is 4.26. The Morgan fingerprint density at radius 3 is 2.73 bits per heavy atom. The number of amides is 1. The zero-order chi connectivity index (χ0) is 15.9. The molecule has 0 saturated heterocycles. The highest BCUT2D eigenvalue weighted by molar-refractivity contribution is 6.32. The number of pyridine rings is 1. The fourth-order valence-electron chi connectivity index (χ4n) is 2.97. The van der Waals surface area contributed by atoms with E-state index in [1.807, 2.05) is 29.2 Å². The lowest BCUT2D eigenvalue weighted by atomic mass is 9.87. The number of nitrogens with zero attached hydrogens (tertiary/aromatic N) is 2. The van der Waals surface area contributed by atoms with Crippen LogP contribution in [0.1, 0.15) is 25.0 Å². The quantitative estimate of drug-likeness (QED) is 0.769. The Hall–Kier alpha value is -1.58. The molecule has 0 spiro atoms. The predicted molar refractivity (Wildman–Crippen MR) is 89.8 cm³/mol. The average molecular weight is 335 g/mol. The summed E-state index contributed by atoms with van der Waals surface area (Å²) in [5, 5.41) is 1.14. The maximum absolute atomic E-state index is 12.7. The molecule has 1 aliphatic rings. The highest BCUT2D eigenvalue weighted by atomic mass is 35.5. The fourth-order valence-corrected chi connectivity index (χ4v) is 3.51. The molecule has 3 rings (SSSR count). The molecule has 0 fully saturated rings. The van der Waals surface area contributed by atoms with Gasteiger partial charge in [-0.2, -0.15) is 0 Å². The van der Waals surface area contributed by atoms with Gasteiger partial charge in [0.15, 0.2) is 0 Å². The zero-order valence-electron chi connectivity index (χ0n) is 12.4. The van der Waals surface area contributed by atoms with Crippen LogP contribution in [0.4, 0.5) is 5.69 Å². The van der Waals surface area contributed by atoms with Gasteiger partial charge in [-0.25, -0.2) is 4.98 Å². The minimum atomic E-state index is -0.151. The number of hydrogen-bond donors (Lipinski definition) is 0. The summed E-state index contributed by atoms with van der Waals surface area (Å²) in [6.45, 7) is 4.84. The topological polar surface area (TPSA) is 33.2 Å². The van der Waals surface area contributed by atoms with E-state index < -0.39 is 0 Å². The first-order valence-corrected chi connectivity index (χ1v) is 7.84. The summed E-state index contributed by atoms with van der Waals surface area (Å²) in [6.07, 6.45) is 1.94. The number of halogens is 2. The standard InChI is InChI=1S/C17H16Cl2N2O/c1-17(2)10-21(13-5-3-4-12(18)16(13)17)15(22)8-11-6-7-14(19)20-9-11/h3-7,9H,8,10H2,1-2H3. The van der Waals surface area contributed by atoms with Gasteiger partial charge < -0.3 is 4.90 Å². The van der Waals surface area contributed by atoms with Crippen molar-refractivity contribution >= 4 is 34.8 Å². The van der Waals surface area contributed by atoms with Crippen molar-refractivity contribution in [3.8, 4) is 0 Å². The van der Waals surface area contributed by atoms with Crippen LogP contribution in [0.15, 0.2) is 36.5 Å². The van der Waals surface area contributed by atoms with Gasteiger partial charge in [0.1, 0.15) is 5.15 Å². The Morgan fingerprint density at radius 2 is 2.05 bits per heavy atom. The van der Waals surface area contributed by atoms with Gasteiger partial charge in [-0.1, -0.05) is 49.2 Å². The molecule has 2 aromatic rings. The smallest absolute Gasteiger partial charge is 0.231 e. The molecule has 1 amide bonds. The highest BCUT2D eigenvalue weighted by Gasteiger charge is 2.39. The van der Waals surface area contributed by atoms with E-state index >= 15 is 0 Å². The summed E-state index contributed by atoms with van der Waals surface area (Å²) < 4.78 is 0. The van der Waals surface area contributed by atoms with Crippen molar-refractivity contribution in [3.63, 3.8) is 0 Å². The van der Waals surface area contributed by atoms with Crippen molar-refractivity contribution in [2.75, 3.05) is 11.4 Å². The molecule has 1 aromatic heterocycles. The third kappa shape index (κ3) is 2.71. The minimum absolute atomic E-state index is 0.0400. The van der Waals surface area contributed by atoms with E-state index in [-0.39, 0.29) is 11.3 Å². The second kappa shape index (κ2) is 5.56. The average Bonchev–Trinajstić information content (AvgIpc) is 2.74. The lowest BCUT2D eigenvalue weighted by Crippen LogP contribution is -2.35. The van der Waals surface area contributed by atoms with E-state index in [0.717, 1.165) is 16.8 Å². The van der Waals surface area contributed by atoms with Crippen molar-refractivity contribution in [2.24, 2.45) is 0 Å². The number of hydrogen-bond acceptors (Lipinski definition) is 2. The van der Waals surface area contributed by atoms with Crippen LogP contribution in [0.25, 0.3) is 0 Å². The molecule has 0 bridgehead atoms. The first-order chi connectivity index (χ1) is 10.4. The summed E-state index contributed by atoms with van der Waals surface area (Å²) in [5.41, 5.74) is 2.65. The number of aromatic nitrogens is 1. The van der Waals surface area contributed by atoms with Gasteiger partial charge in [-0.15, -0.1) is 0 Å². The summed E-state index contributed by atoms with van der Waals surface area (Å²) in [6, 6.07) is 9.23. The monoisotopic (exact) mass is 334 g/mol. The molecule has 0 aliphatic carbocycles. The van der Waals surface area contributed by atoms with Gasteiger partial charge in [0.05, 0.1) is 6.42 Å². The molecule has 0 saturated carbocycles. The van der Waals surface area contributed by atoms with E-state index in [1.54, 1.807) is 12.3 Å². The number of rotatable bonds is 2. The third-order valence-corrected chi connectivity index (χ3v) is 4.50. The molecule has 114 valence electrons. The van der Waals surface area contributed by atoms with Gasteiger partial charge in [0, 0.05) is 34.4 Å². The van der Waals surface area contributed by atoms with Gasteiger partial charge in [0.2, 0.25) is 5.91 Å². The number of fused-ring (bicyclic) bond motifs is 1. The molecule has 0 atom stereocenters. The van der Waals surface area contributed by atoms with Crippen LogP contribution >= 0.6 is 23.2 Å². The molecular weight excluding hydrogens is 319 g/mol. The molecule has 0 unspecified atom stereocenters. The Morgan fingerprint density at radius 1 is 1.27 bits per heavy atom. The van der Waals surface area contributed by atoms with Crippen molar-refractivity contribution in [3.05, 3.63) is 57.8 Å². The lowest BCUT2D eigenvalue weighted by molar-refractivity contribution is -0.118. The highest BCUT2D eigenvalue weighted by Crippen LogP contribution is 2.44. The Balaban J connectivity index is 1.89. The van der Waals surface area contributed by atoms with Crippen LogP contribution in [-0.2, 0) is 16.6 Å². The molecule has 2 heterocycles. The summed E-state index contributed by atoms with van der Waals surface area (Å²) in [7, 11) is 0. The first-order valence-electron chi connectivity index (χ1n) is 7.08. The van der Waals surface area contributed by atoms with Crippen molar-refractivity contribution < 1.29 is 4.79 Å². The largest absolute Gasteiger partial charge is 0.311 e. The Bertz CT molecular complexity index is 726. The maximum Gasteiger partial charge on any atom is 0.231 e. The van der Waals surface area contributed by atoms with Crippen LogP contribution in [-0.4, -0.2) is 17.4 Å². The number of anilines is 1. The van der Waals surface area contributed by atoms with E-state index in [4.69, 9.17) is 23.2 Å².